The second-order valence-corrected chi connectivity index (χ2v) is 5.72. The van der Waals surface area contributed by atoms with E-state index in [1.54, 1.807) is 24.3 Å². The van der Waals surface area contributed by atoms with Crippen LogP contribution in [0.15, 0.2) is 24.3 Å². The molecule has 0 aliphatic carbocycles. The lowest BCUT2D eigenvalue weighted by Gasteiger charge is -2.16. The summed E-state index contributed by atoms with van der Waals surface area (Å²) in [5.74, 6) is 0.274. The van der Waals surface area contributed by atoms with Crippen molar-refractivity contribution in [3.05, 3.63) is 29.8 Å². The molecule has 0 bridgehead atoms. The Kier molecular flexibility index (Phi) is 4.29. The third-order valence-electron chi connectivity index (χ3n) is 4.07. The Morgan fingerprint density at radius 3 is 2.45 bits per heavy atom. The van der Waals surface area contributed by atoms with Crippen LogP contribution in [0.25, 0.3) is 0 Å². The van der Waals surface area contributed by atoms with E-state index >= 15 is 0 Å². The highest BCUT2D eigenvalue weighted by Crippen LogP contribution is 2.22. The zero-order valence-electron chi connectivity index (χ0n) is 12.4. The molecule has 2 atom stereocenters. The van der Waals surface area contributed by atoms with Crippen molar-refractivity contribution in [1.29, 1.82) is 0 Å². The molecule has 6 nitrogen and oxygen atoms in total. The SMILES string of the molecule is NC(=O)C1CC(Oc2ccc(C(=O)N3CCCC3)cc2)CO1. The number of ether oxygens (including phenoxy) is 2. The lowest BCUT2D eigenvalue weighted by atomic mass is 10.2. The van der Waals surface area contributed by atoms with Gasteiger partial charge >= 0.3 is 0 Å². The van der Waals surface area contributed by atoms with E-state index in [4.69, 9.17) is 15.2 Å². The first-order valence-corrected chi connectivity index (χ1v) is 7.60. The monoisotopic (exact) mass is 304 g/mol. The molecule has 2 saturated heterocycles. The number of benzene rings is 1. The molecule has 2 aliphatic heterocycles. The topological polar surface area (TPSA) is 81.9 Å². The van der Waals surface area contributed by atoms with E-state index in [2.05, 4.69) is 0 Å². The van der Waals surface area contributed by atoms with Gasteiger partial charge in [0.05, 0.1) is 6.61 Å². The number of carbonyl (C=O) groups excluding carboxylic acids is 2. The Labute approximate surface area is 129 Å². The number of likely N-dealkylation sites (tertiary alicyclic amines) is 1. The van der Waals surface area contributed by atoms with Crippen LogP contribution in [0.2, 0.25) is 0 Å². The molecule has 2 unspecified atom stereocenters. The van der Waals surface area contributed by atoms with Crippen molar-refractivity contribution in [2.45, 2.75) is 31.5 Å². The molecule has 0 radical (unpaired) electrons. The van der Waals surface area contributed by atoms with E-state index in [-0.39, 0.29) is 12.0 Å². The number of hydrogen-bond acceptors (Lipinski definition) is 4. The molecule has 2 heterocycles. The van der Waals surface area contributed by atoms with Crippen LogP contribution in [0.3, 0.4) is 0 Å². The second kappa shape index (κ2) is 6.36. The van der Waals surface area contributed by atoms with E-state index in [0.717, 1.165) is 25.9 Å². The van der Waals surface area contributed by atoms with Crippen molar-refractivity contribution in [3.8, 4) is 5.75 Å². The second-order valence-electron chi connectivity index (χ2n) is 5.72. The van der Waals surface area contributed by atoms with Crippen molar-refractivity contribution in [1.82, 2.24) is 4.90 Å². The van der Waals surface area contributed by atoms with E-state index in [0.29, 0.717) is 24.3 Å². The van der Waals surface area contributed by atoms with Gasteiger partial charge in [0.15, 0.2) is 0 Å². The number of rotatable bonds is 4. The van der Waals surface area contributed by atoms with Gasteiger partial charge in [-0.15, -0.1) is 0 Å². The van der Waals surface area contributed by atoms with Gasteiger partial charge in [-0.3, -0.25) is 9.59 Å². The third kappa shape index (κ3) is 3.22. The molecule has 1 aromatic rings. The number of primary amides is 1. The van der Waals surface area contributed by atoms with Crippen molar-refractivity contribution < 1.29 is 19.1 Å². The van der Waals surface area contributed by atoms with Gasteiger partial charge in [0.2, 0.25) is 5.91 Å². The summed E-state index contributed by atoms with van der Waals surface area (Å²) in [5, 5.41) is 0. The van der Waals surface area contributed by atoms with Crippen molar-refractivity contribution >= 4 is 11.8 Å². The zero-order chi connectivity index (χ0) is 15.5. The highest BCUT2D eigenvalue weighted by Gasteiger charge is 2.30. The minimum absolute atomic E-state index is 0.0713. The lowest BCUT2D eigenvalue weighted by molar-refractivity contribution is -0.126. The molecule has 118 valence electrons. The molecule has 3 rings (SSSR count). The quantitative estimate of drug-likeness (QED) is 0.897. The van der Waals surface area contributed by atoms with Gasteiger partial charge in [0.1, 0.15) is 18.0 Å². The average Bonchev–Trinajstić information content (AvgIpc) is 3.19. The van der Waals surface area contributed by atoms with Crippen molar-refractivity contribution in [3.63, 3.8) is 0 Å². The summed E-state index contributed by atoms with van der Waals surface area (Å²) in [6, 6.07) is 7.11. The summed E-state index contributed by atoms with van der Waals surface area (Å²) in [5.41, 5.74) is 5.88. The number of nitrogens with zero attached hydrogens (tertiary/aromatic N) is 1. The largest absolute Gasteiger partial charge is 0.488 e. The van der Waals surface area contributed by atoms with Gasteiger partial charge in [-0.2, -0.15) is 0 Å². The fraction of sp³-hybridized carbons (Fsp3) is 0.500. The minimum atomic E-state index is -0.569. The number of amides is 2. The highest BCUT2D eigenvalue weighted by molar-refractivity contribution is 5.94. The first-order chi connectivity index (χ1) is 10.6. The van der Waals surface area contributed by atoms with Crippen LogP contribution in [0.5, 0.6) is 5.75 Å². The summed E-state index contributed by atoms with van der Waals surface area (Å²) >= 11 is 0. The maximum atomic E-state index is 12.2. The molecule has 0 spiro atoms. The van der Waals surface area contributed by atoms with Crippen LogP contribution in [0.4, 0.5) is 0 Å². The van der Waals surface area contributed by atoms with Crippen LogP contribution in [0.1, 0.15) is 29.6 Å². The summed E-state index contributed by atoms with van der Waals surface area (Å²) < 4.78 is 11.0. The molecule has 0 saturated carbocycles. The van der Waals surface area contributed by atoms with Gasteiger partial charge in [-0.05, 0) is 37.1 Å². The first kappa shape index (κ1) is 14.8. The predicted molar refractivity (Wildman–Crippen MR) is 79.5 cm³/mol. The van der Waals surface area contributed by atoms with Gasteiger partial charge in [0, 0.05) is 25.1 Å². The Bertz CT molecular complexity index is 552. The molecule has 2 N–H and O–H groups in total. The highest BCUT2D eigenvalue weighted by atomic mass is 16.6. The molecule has 22 heavy (non-hydrogen) atoms. The summed E-state index contributed by atoms with van der Waals surface area (Å²) in [6.07, 6.45) is 1.87. The van der Waals surface area contributed by atoms with Gasteiger partial charge in [0.25, 0.3) is 5.91 Å². The molecule has 2 amide bonds. The summed E-state index contributed by atoms with van der Waals surface area (Å²) in [4.78, 5) is 25.2. The molecule has 1 aromatic carbocycles. The standard InChI is InChI=1S/C16H20N2O4/c17-15(19)14-9-13(10-21-14)22-12-5-3-11(4-6-12)16(20)18-7-1-2-8-18/h3-6,13-14H,1-2,7-10H2,(H2,17,19). The van der Waals surface area contributed by atoms with Crippen LogP contribution < -0.4 is 10.5 Å². The fourth-order valence-corrected chi connectivity index (χ4v) is 2.85. The molecule has 2 fully saturated rings. The molecular formula is C16H20N2O4. The molecule has 0 aromatic heterocycles. The fourth-order valence-electron chi connectivity index (χ4n) is 2.85. The van der Waals surface area contributed by atoms with Gasteiger partial charge < -0.3 is 20.1 Å². The predicted octanol–water partition coefficient (Wildman–Crippen LogP) is 0.944. The first-order valence-electron chi connectivity index (χ1n) is 7.60. The van der Waals surface area contributed by atoms with Crippen LogP contribution in [-0.2, 0) is 9.53 Å². The van der Waals surface area contributed by atoms with Crippen molar-refractivity contribution in [2.24, 2.45) is 5.73 Å². The third-order valence-corrected chi connectivity index (χ3v) is 4.07. The zero-order valence-corrected chi connectivity index (χ0v) is 12.4. The van der Waals surface area contributed by atoms with Gasteiger partial charge in [-0.25, -0.2) is 0 Å². The Morgan fingerprint density at radius 2 is 1.86 bits per heavy atom. The van der Waals surface area contributed by atoms with E-state index < -0.39 is 12.0 Å². The number of hydrogen-bond donors (Lipinski definition) is 1. The van der Waals surface area contributed by atoms with Gasteiger partial charge in [-0.1, -0.05) is 0 Å². The van der Waals surface area contributed by atoms with E-state index in [9.17, 15) is 9.59 Å². The molecule has 6 heteroatoms. The minimum Gasteiger partial charge on any atom is -0.488 e. The Morgan fingerprint density at radius 1 is 1.18 bits per heavy atom. The summed E-state index contributed by atoms with van der Waals surface area (Å²) in [7, 11) is 0. The maximum absolute atomic E-state index is 12.2. The summed E-state index contributed by atoms with van der Waals surface area (Å²) in [6.45, 7) is 2.03. The van der Waals surface area contributed by atoms with Crippen LogP contribution >= 0.6 is 0 Å². The lowest BCUT2D eigenvalue weighted by Crippen LogP contribution is -2.28. The number of nitrogens with two attached hydrogens (primary N) is 1. The van der Waals surface area contributed by atoms with Crippen molar-refractivity contribution in [2.75, 3.05) is 19.7 Å². The van der Waals surface area contributed by atoms with Crippen LogP contribution in [-0.4, -0.2) is 48.6 Å². The molecular weight excluding hydrogens is 284 g/mol. The normalized spacial score (nSPS) is 24.5. The molecule has 2 aliphatic rings. The van der Waals surface area contributed by atoms with Crippen LogP contribution in [0, 0.1) is 0 Å². The Balaban J connectivity index is 1.57. The Hall–Kier alpha value is -2.08. The maximum Gasteiger partial charge on any atom is 0.253 e. The van der Waals surface area contributed by atoms with E-state index in [1.165, 1.54) is 0 Å². The smallest absolute Gasteiger partial charge is 0.253 e. The number of carbonyl (C=O) groups is 2. The average molecular weight is 304 g/mol. The van der Waals surface area contributed by atoms with E-state index in [1.807, 2.05) is 4.90 Å².